The Morgan fingerprint density at radius 2 is 1.63 bits per heavy atom. The summed E-state index contributed by atoms with van der Waals surface area (Å²) in [6, 6.07) is 16.6. The third-order valence-corrected chi connectivity index (χ3v) is 3.16. The van der Waals surface area contributed by atoms with Gasteiger partial charge in [0.25, 0.3) is 0 Å². The fourth-order valence-corrected chi connectivity index (χ4v) is 2.14. The highest BCUT2D eigenvalue weighted by Gasteiger charge is 2.10. The molecule has 0 unspecified atom stereocenters. The second-order valence-electron chi connectivity index (χ2n) is 4.46. The van der Waals surface area contributed by atoms with Gasteiger partial charge >= 0.3 is 0 Å². The molecular formula is C16H13FN2. The van der Waals surface area contributed by atoms with Crippen LogP contribution in [0.15, 0.2) is 54.6 Å². The summed E-state index contributed by atoms with van der Waals surface area (Å²) in [7, 11) is 0. The van der Waals surface area contributed by atoms with Gasteiger partial charge in [0.2, 0.25) is 0 Å². The summed E-state index contributed by atoms with van der Waals surface area (Å²) < 4.78 is 13.7. The smallest absolute Gasteiger partial charge is 0.132 e. The maximum Gasteiger partial charge on any atom is 0.132 e. The van der Waals surface area contributed by atoms with Crippen molar-refractivity contribution in [1.82, 2.24) is 10.2 Å². The number of benzene rings is 2. The molecular weight excluding hydrogens is 239 g/mol. The molecule has 0 fully saturated rings. The number of halogens is 1. The van der Waals surface area contributed by atoms with E-state index in [1.807, 2.05) is 37.3 Å². The van der Waals surface area contributed by atoms with Crippen LogP contribution >= 0.6 is 0 Å². The van der Waals surface area contributed by atoms with Gasteiger partial charge in [-0.3, -0.25) is 5.10 Å². The Balaban J connectivity index is 2.06. The number of aryl methyl sites for hydroxylation is 1. The van der Waals surface area contributed by atoms with E-state index in [0.717, 1.165) is 16.8 Å². The number of hydrogen-bond acceptors (Lipinski definition) is 1. The lowest BCUT2D eigenvalue weighted by Crippen LogP contribution is -1.82. The van der Waals surface area contributed by atoms with Crippen LogP contribution in [-0.2, 0) is 0 Å². The molecule has 3 aromatic rings. The molecule has 0 aliphatic heterocycles. The van der Waals surface area contributed by atoms with Crippen LogP contribution in [0.3, 0.4) is 0 Å². The van der Waals surface area contributed by atoms with Crippen molar-refractivity contribution in [2.75, 3.05) is 0 Å². The van der Waals surface area contributed by atoms with Crippen LogP contribution in [0.4, 0.5) is 4.39 Å². The van der Waals surface area contributed by atoms with E-state index in [0.29, 0.717) is 11.3 Å². The maximum absolute atomic E-state index is 13.7. The Morgan fingerprint density at radius 1 is 0.947 bits per heavy atom. The first-order valence-electron chi connectivity index (χ1n) is 6.12. The molecule has 0 atom stereocenters. The van der Waals surface area contributed by atoms with E-state index < -0.39 is 0 Å². The lowest BCUT2D eigenvalue weighted by molar-refractivity contribution is 0.630. The largest absolute Gasteiger partial charge is 0.277 e. The fraction of sp³-hybridized carbons (Fsp3) is 0.0625. The zero-order valence-corrected chi connectivity index (χ0v) is 10.5. The quantitative estimate of drug-likeness (QED) is 0.727. The number of aromatic nitrogens is 2. The molecule has 0 spiro atoms. The van der Waals surface area contributed by atoms with Gasteiger partial charge in [-0.25, -0.2) is 4.39 Å². The molecule has 0 amide bonds. The Labute approximate surface area is 110 Å². The van der Waals surface area contributed by atoms with Gasteiger partial charge in [-0.2, -0.15) is 5.10 Å². The molecule has 3 rings (SSSR count). The van der Waals surface area contributed by atoms with E-state index in [2.05, 4.69) is 10.2 Å². The molecule has 0 radical (unpaired) electrons. The van der Waals surface area contributed by atoms with Crippen molar-refractivity contribution in [2.24, 2.45) is 0 Å². The Kier molecular flexibility index (Phi) is 2.88. The second-order valence-corrected chi connectivity index (χ2v) is 4.46. The Bertz CT molecular complexity index is 656. The third kappa shape index (κ3) is 2.15. The van der Waals surface area contributed by atoms with Crippen molar-refractivity contribution in [3.05, 3.63) is 66.0 Å². The van der Waals surface area contributed by atoms with Crippen LogP contribution < -0.4 is 0 Å². The van der Waals surface area contributed by atoms with Crippen molar-refractivity contribution in [1.29, 1.82) is 0 Å². The van der Waals surface area contributed by atoms with Gasteiger partial charge in [0.05, 0.1) is 11.4 Å². The van der Waals surface area contributed by atoms with Crippen LogP contribution in [0.1, 0.15) is 5.56 Å². The number of rotatable bonds is 2. The molecule has 0 aliphatic rings. The van der Waals surface area contributed by atoms with Gasteiger partial charge in [0.1, 0.15) is 5.82 Å². The topological polar surface area (TPSA) is 28.7 Å². The van der Waals surface area contributed by atoms with Crippen molar-refractivity contribution in [2.45, 2.75) is 6.92 Å². The lowest BCUT2D eigenvalue weighted by atomic mass is 10.0. The van der Waals surface area contributed by atoms with E-state index in [1.165, 1.54) is 6.07 Å². The standard InChI is InChI=1S/C16H13FN2/c1-11-6-2-3-7-12(11)15-10-16(19-18-15)13-8-4-5-9-14(13)17/h2-10H,1H3,(H,18,19). The summed E-state index contributed by atoms with van der Waals surface area (Å²) in [5.41, 5.74) is 4.27. The molecule has 0 saturated carbocycles. The summed E-state index contributed by atoms with van der Waals surface area (Å²) in [5.74, 6) is -0.259. The minimum Gasteiger partial charge on any atom is -0.277 e. The van der Waals surface area contributed by atoms with Crippen molar-refractivity contribution < 1.29 is 4.39 Å². The molecule has 19 heavy (non-hydrogen) atoms. The minimum absolute atomic E-state index is 0.259. The predicted octanol–water partition coefficient (Wildman–Crippen LogP) is 4.19. The lowest BCUT2D eigenvalue weighted by Gasteiger charge is -2.01. The number of aromatic amines is 1. The molecule has 1 heterocycles. The fourth-order valence-electron chi connectivity index (χ4n) is 2.14. The normalized spacial score (nSPS) is 10.6. The summed E-state index contributed by atoms with van der Waals surface area (Å²) in [6.45, 7) is 2.04. The summed E-state index contributed by atoms with van der Waals surface area (Å²) in [6.07, 6.45) is 0. The van der Waals surface area contributed by atoms with Crippen LogP contribution in [0, 0.1) is 12.7 Å². The summed E-state index contributed by atoms with van der Waals surface area (Å²) in [4.78, 5) is 0. The first-order valence-corrected chi connectivity index (χ1v) is 6.12. The Hall–Kier alpha value is -2.42. The molecule has 94 valence electrons. The molecule has 1 N–H and O–H groups in total. The first-order chi connectivity index (χ1) is 9.25. The van der Waals surface area contributed by atoms with Gasteiger partial charge in [0, 0.05) is 11.1 Å². The highest BCUT2D eigenvalue weighted by molar-refractivity contribution is 5.70. The molecule has 1 aromatic heterocycles. The van der Waals surface area contributed by atoms with Gasteiger partial charge in [-0.1, -0.05) is 36.4 Å². The van der Waals surface area contributed by atoms with E-state index in [1.54, 1.807) is 18.2 Å². The van der Waals surface area contributed by atoms with Crippen molar-refractivity contribution >= 4 is 0 Å². The maximum atomic E-state index is 13.7. The number of H-pyrrole nitrogens is 1. The predicted molar refractivity (Wildman–Crippen MR) is 74.2 cm³/mol. The number of nitrogens with one attached hydrogen (secondary N) is 1. The van der Waals surface area contributed by atoms with E-state index in [9.17, 15) is 4.39 Å². The second kappa shape index (κ2) is 4.69. The van der Waals surface area contributed by atoms with Gasteiger partial charge in [-0.15, -0.1) is 0 Å². The van der Waals surface area contributed by atoms with E-state index in [-0.39, 0.29) is 5.82 Å². The highest BCUT2D eigenvalue weighted by Crippen LogP contribution is 2.27. The highest BCUT2D eigenvalue weighted by atomic mass is 19.1. The first kappa shape index (κ1) is 11.7. The number of nitrogens with zero attached hydrogens (tertiary/aromatic N) is 1. The van der Waals surface area contributed by atoms with Gasteiger partial charge in [0.15, 0.2) is 0 Å². The average Bonchev–Trinajstić information content (AvgIpc) is 2.89. The van der Waals surface area contributed by atoms with Crippen molar-refractivity contribution in [3.63, 3.8) is 0 Å². The molecule has 0 saturated heterocycles. The Morgan fingerprint density at radius 3 is 2.37 bits per heavy atom. The van der Waals surface area contributed by atoms with Crippen molar-refractivity contribution in [3.8, 4) is 22.5 Å². The third-order valence-electron chi connectivity index (χ3n) is 3.16. The SMILES string of the molecule is Cc1ccccc1-c1cc(-c2ccccc2F)n[nH]1. The monoisotopic (exact) mass is 252 g/mol. The zero-order valence-electron chi connectivity index (χ0n) is 10.5. The van der Waals surface area contributed by atoms with Crippen LogP contribution in [0.2, 0.25) is 0 Å². The average molecular weight is 252 g/mol. The zero-order chi connectivity index (χ0) is 13.2. The molecule has 3 heteroatoms. The number of hydrogen-bond donors (Lipinski definition) is 1. The summed E-state index contributed by atoms with van der Waals surface area (Å²) >= 11 is 0. The van der Waals surface area contributed by atoms with Gasteiger partial charge < -0.3 is 0 Å². The molecule has 2 nitrogen and oxygen atoms in total. The van der Waals surface area contributed by atoms with Gasteiger partial charge in [-0.05, 0) is 30.7 Å². The van der Waals surface area contributed by atoms with E-state index >= 15 is 0 Å². The van der Waals surface area contributed by atoms with Crippen LogP contribution in [0.25, 0.3) is 22.5 Å². The van der Waals surface area contributed by atoms with Crippen LogP contribution in [0.5, 0.6) is 0 Å². The molecule has 0 bridgehead atoms. The van der Waals surface area contributed by atoms with E-state index in [4.69, 9.17) is 0 Å². The minimum atomic E-state index is -0.259. The molecule has 2 aromatic carbocycles. The molecule has 0 aliphatic carbocycles. The summed E-state index contributed by atoms with van der Waals surface area (Å²) in [5, 5.41) is 7.17. The van der Waals surface area contributed by atoms with Crippen LogP contribution in [-0.4, -0.2) is 10.2 Å².